The van der Waals surface area contributed by atoms with Gasteiger partial charge in [-0.2, -0.15) is 5.10 Å². The molecule has 1 amide bonds. The molecule has 0 bridgehead atoms. The number of nitrogens with zero attached hydrogens (tertiary/aromatic N) is 3. The summed E-state index contributed by atoms with van der Waals surface area (Å²) in [5.74, 6) is -0.123. The lowest BCUT2D eigenvalue weighted by atomic mass is 10.1. The van der Waals surface area contributed by atoms with Crippen LogP contribution in [0.4, 0.5) is 5.13 Å². The molecule has 0 unspecified atom stereocenters. The van der Waals surface area contributed by atoms with Gasteiger partial charge in [0.05, 0.1) is 25.3 Å². The zero-order chi connectivity index (χ0) is 17.1. The number of benzene rings is 1. The minimum atomic E-state index is -0.123. The molecule has 1 aromatic carbocycles. The second kappa shape index (κ2) is 7.33. The highest BCUT2D eigenvalue weighted by molar-refractivity contribution is 7.13. The molecule has 6 nitrogen and oxygen atoms in total. The van der Waals surface area contributed by atoms with Crippen LogP contribution in [0.2, 0.25) is 0 Å². The SMILES string of the molecule is O=C(Cc1csc(N2CCOCC2)n1)NN=C1Cc2ccccc2C1. The van der Waals surface area contributed by atoms with E-state index in [0.29, 0.717) is 0 Å². The highest BCUT2D eigenvalue weighted by Crippen LogP contribution is 2.22. The molecule has 130 valence electrons. The number of thiazole rings is 1. The zero-order valence-corrected chi connectivity index (χ0v) is 14.7. The normalized spacial score (nSPS) is 16.6. The Morgan fingerprint density at radius 3 is 2.68 bits per heavy atom. The van der Waals surface area contributed by atoms with Crippen LogP contribution in [0.25, 0.3) is 0 Å². The van der Waals surface area contributed by atoms with E-state index in [1.807, 2.05) is 17.5 Å². The van der Waals surface area contributed by atoms with Gasteiger partial charge in [-0.25, -0.2) is 10.4 Å². The van der Waals surface area contributed by atoms with Crippen molar-refractivity contribution in [3.63, 3.8) is 0 Å². The number of nitrogens with one attached hydrogen (secondary N) is 1. The Morgan fingerprint density at radius 1 is 1.24 bits per heavy atom. The first-order chi connectivity index (χ1) is 12.3. The number of anilines is 1. The van der Waals surface area contributed by atoms with Gasteiger partial charge >= 0.3 is 0 Å². The average molecular weight is 356 g/mol. The summed E-state index contributed by atoms with van der Waals surface area (Å²) >= 11 is 1.58. The summed E-state index contributed by atoms with van der Waals surface area (Å²) in [7, 11) is 0. The van der Waals surface area contributed by atoms with Crippen molar-refractivity contribution in [3.8, 4) is 0 Å². The van der Waals surface area contributed by atoms with Crippen LogP contribution >= 0.6 is 11.3 Å². The third-order valence-electron chi connectivity index (χ3n) is 4.41. The Morgan fingerprint density at radius 2 is 1.96 bits per heavy atom. The van der Waals surface area contributed by atoms with Crippen molar-refractivity contribution in [3.05, 3.63) is 46.5 Å². The van der Waals surface area contributed by atoms with Gasteiger partial charge in [-0.05, 0) is 11.1 Å². The molecular weight excluding hydrogens is 336 g/mol. The molecule has 2 aliphatic rings. The number of ether oxygens (including phenoxy) is 1. The molecule has 1 fully saturated rings. The van der Waals surface area contributed by atoms with E-state index in [1.54, 1.807) is 11.3 Å². The van der Waals surface area contributed by atoms with Crippen molar-refractivity contribution < 1.29 is 9.53 Å². The number of carbonyl (C=O) groups is 1. The molecule has 1 aliphatic heterocycles. The number of aromatic nitrogens is 1. The number of hydrogen-bond acceptors (Lipinski definition) is 6. The van der Waals surface area contributed by atoms with E-state index in [2.05, 4.69) is 32.5 Å². The monoisotopic (exact) mass is 356 g/mol. The summed E-state index contributed by atoms with van der Waals surface area (Å²) in [6, 6.07) is 8.30. The van der Waals surface area contributed by atoms with Gasteiger partial charge in [-0.1, -0.05) is 24.3 Å². The number of carbonyl (C=O) groups excluding carboxylic acids is 1. The molecule has 0 atom stereocenters. The molecule has 1 aromatic heterocycles. The molecule has 1 saturated heterocycles. The van der Waals surface area contributed by atoms with Crippen molar-refractivity contribution in [1.29, 1.82) is 0 Å². The topological polar surface area (TPSA) is 66.8 Å². The Balaban J connectivity index is 1.31. The predicted octanol–water partition coefficient (Wildman–Crippen LogP) is 1.79. The van der Waals surface area contributed by atoms with E-state index in [4.69, 9.17) is 4.74 Å². The van der Waals surface area contributed by atoms with Crippen molar-refractivity contribution in [2.24, 2.45) is 5.10 Å². The van der Waals surface area contributed by atoms with E-state index in [1.165, 1.54) is 11.1 Å². The highest BCUT2D eigenvalue weighted by Gasteiger charge is 2.17. The average Bonchev–Trinajstić information content (AvgIpc) is 3.27. The van der Waals surface area contributed by atoms with E-state index in [-0.39, 0.29) is 12.3 Å². The Kier molecular flexibility index (Phi) is 4.76. The summed E-state index contributed by atoms with van der Waals surface area (Å²) in [4.78, 5) is 18.9. The lowest BCUT2D eigenvalue weighted by Gasteiger charge is -2.26. The molecule has 0 spiro atoms. The molecular formula is C18H20N4O2S. The maximum atomic E-state index is 12.1. The Hall–Kier alpha value is -2.25. The number of hydrogen-bond donors (Lipinski definition) is 1. The zero-order valence-electron chi connectivity index (χ0n) is 13.9. The Bertz CT molecular complexity index is 769. The Labute approximate surface area is 150 Å². The highest BCUT2D eigenvalue weighted by atomic mass is 32.1. The molecule has 2 aromatic rings. The van der Waals surface area contributed by atoms with Crippen LogP contribution in [0.5, 0.6) is 0 Å². The first kappa shape index (κ1) is 16.2. The van der Waals surface area contributed by atoms with Crippen LogP contribution in [-0.2, 0) is 28.8 Å². The predicted molar refractivity (Wildman–Crippen MR) is 98.3 cm³/mol. The number of fused-ring (bicyclic) bond motifs is 1. The van der Waals surface area contributed by atoms with Crippen molar-refractivity contribution in [1.82, 2.24) is 10.4 Å². The smallest absolute Gasteiger partial charge is 0.246 e. The van der Waals surface area contributed by atoms with Crippen LogP contribution in [0.3, 0.4) is 0 Å². The van der Waals surface area contributed by atoms with Gasteiger partial charge in [-0.15, -0.1) is 11.3 Å². The van der Waals surface area contributed by atoms with Crippen molar-refractivity contribution >= 4 is 28.1 Å². The first-order valence-electron chi connectivity index (χ1n) is 8.46. The second-order valence-corrected chi connectivity index (χ2v) is 7.07. The number of amides is 1. The summed E-state index contributed by atoms with van der Waals surface area (Å²) in [6.07, 6.45) is 1.88. The summed E-state index contributed by atoms with van der Waals surface area (Å²) in [5, 5.41) is 7.21. The largest absolute Gasteiger partial charge is 0.378 e. The van der Waals surface area contributed by atoms with Gasteiger partial charge in [0.25, 0.3) is 0 Å². The maximum Gasteiger partial charge on any atom is 0.246 e. The number of morpholine rings is 1. The summed E-state index contributed by atoms with van der Waals surface area (Å²) in [6.45, 7) is 3.17. The standard InChI is InChI=1S/C18H20N4O2S/c23-17(21-20-15-9-13-3-1-2-4-14(13)10-15)11-16-12-25-18(19-16)22-5-7-24-8-6-22/h1-4,12H,5-11H2,(H,21,23). The van der Waals surface area contributed by atoms with Crippen LogP contribution in [-0.4, -0.2) is 42.9 Å². The van der Waals surface area contributed by atoms with Gasteiger partial charge in [0.2, 0.25) is 5.91 Å². The van der Waals surface area contributed by atoms with Gasteiger partial charge in [0, 0.05) is 37.0 Å². The molecule has 0 saturated carbocycles. The number of rotatable bonds is 4. The molecule has 25 heavy (non-hydrogen) atoms. The number of hydrazone groups is 1. The van der Waals surface area contributed by atoms with Gasteiger partial charge in [-0.3, -0.25) is 4.79 Å². The fourth-order valence-corrected chi connectivity index (χ4v) is 3.99. The van der Waals surface area contributed by atoms with E-state index >= 15 is 0 Å². The van der Waals surface area contributed by atoms with Gasteiger partial charge in [0.15, 0.2) is 5.13 Å². The third kappa shape index (κ3) is 3.88. The first-order valence-corrected chi connectivity index (χ1v) is 9.34. The minimum absolute atomic E-state index is 0.123. The quantitative estimate of drug-likeness (QED) is 0.849. The van der Waals surface area contributed by atoms with E-state index < -0.39 is 0 Å². The molecule has 2 heterocycles. The van der Waals surface area contributed by atoms with E-state index in [0.717, 1.165) is 55.7 Å². The van der Waals surface area contributed by atoms with Crippen molar-refractivity contribution in [2.45, 2.75) is 19.3 Å². The summed E-state index contributed by atoms with van der Waals surface area (Å²) in [5.41, 5.74) is 7.06. The van der Waals surface area contributed by atoms with Crippen LogP contribution in [0.1, 0.15) is 16.8 Å². The van der Waals surface area contributed by atoms with Crippen LogP contribution in [0.15, 0.2) is 34.7 Å². The lowest BCUT2D eigenvalue weighted by molar-refractivity contribution is -0.120. The van der Waals surface area contributed by atoms with Crippen LogP contribution < -0.4 is 10.3 Å². The minimum Gasteiger partial charge on any atom is -0.378 e. The molecule has 4 rings (SSSR count). The fourth-order valence-electron chi connectivity index (χ4n) is 3.11. The van der Waals surface area contributed by atoms with Crippen LogP contribution in [0, 0.1) is 0 Å². The van der Waals surface area contributed by atoms with Gasteiger partial charge < -0.3 is 9.64 Å². The summed E-state index contributed by atoms with van der Waals surface area (Å²) < 4.78 is 5.35. The molecule has 1 N–H and O–H groups in total. The van der Waals surface area contributed by atoms with E-state index in [9.17, 15) is 4.79 Å². The van der Waals surface area contributed by atoms with Gasteiger partial charge in [0.1, 0.15) is 0 Å². The second-order valence-electron chi connectivity index (χ2n) is 6.23. The fraction of sp³-hybridized carbons (Fsp3) is 0.389. The molecule has 1 aliphatic carbocycles. The lowest BCUT2D eigenvalue weighted by Crippen LogP contribution is -2.36. The third-order valence-corrected chi connectivity index (χ3v) is 5.36. The maximum absolute atomic E-state index is 12.1. The van der Waals surface area contributed by atoms with Crippen molar-refractivity contribution in [2.75, 3.05) is 31.2 Å². The molecule has 0 radical (unpaired) electrons. The molecule has 7 heteroatoms.